The summed E-state index contributed by atoms with van der Waals surface area (Å²) in [6.07, 6.45) is -4.36. The van der Waals surface area contributed by atoms with Crippen LogP contribution in [0, 0.1) is 0 Å². The molecule has 0 aromatic heterocycles. The van der Waals surface area contributed by atoms with Crippen molar-refractivity contribution in [2.75, 3.05) is 7.05 Å². The monoisotopic (exact) mass is 373 g/mol. The quantitative estimate of drug-likeness (QED) is 0.831. The highest BCUT2D eigenvalue weighted by Gasteiger charge is 2.32. The molecule has 0 amide bonds. The summed E-state index contributed by atoms with van der Waals surface area (Å²) < 4.78 is 39.5. The van der Waals surface area contributed by atoms with Crippen molar-refractivity contribution >= 4 is 15.9 Å². The molecule has 0 saturated heterocycles. The first-order valence-corrected chi connectivity index (χ1v) is 7.38. The molecule has 0 spiro atoms. The van der Waals surface area contributed by atoms with Gasteiger partial charge in [-0.05, 0) is 46.2 Å². The molecule has 2 nitrogen and oxygen atoms in total. The van der Waals surface area contributed by atoms with Crippen LogP contribution in [0.5, 0.6) is 5.75 Å². The van der Waals surface area contributed by atoms with Crippen LogP contribution in [-0.4, -0.2) is 17.1 Å². The predicted octanol–water partition coefficient (Wildman–Crippen LogP) is 4.81. The van der Waals surface area contributed by atoms with Crippen LogP contribution < -0.4 is 0 Å². The Kier molecular flexibility index (Phi) is 5.13. The third-order valence-corrected chi connectivity index (χ3v) is 4.18. The Bertz CT molecular complexity index is 658. The minimum atomic E-state index is -4.36. The molecule has 0 aliphatic carbocycles. The first kappa shape index (κ1) is 16.8. The standard InChI is InChI=1S/C16H15BrF3NO/c1-21(10-12-6-4-8-14(22)15(12)17)9-11-5-2-3-7-13(11)16(18,19)20/h2-8,22H,9-10H2,1H3. The number of halogens is 4. The fraction of sp³-hybridized carbons (Fsp3) is 0.250. The molecule has 0 bridgehead atoms. The molecular formula is C16H15BrF3NO. The molecule has 2 aromatic carbocycles. The van der Waals surface area contributed by atoms with Gasteiger partial charge in [-0.15, -0.1) is 0 Å². The Labute approximate surface area is 135 Å². The number of hydrogen-bond acceptors (Lipinski definition) is 2. The fourth-order valence-corrected chi connectivity index (χ4v) is 2.65. The molecule has 0 unspecified atom stereocenters. The van der Waals surface area contributed by atoms with Gasteiger partial charge in [0.15, 0.2) is 0 Å². The van der Waals surface area contributed by atoms with Gasteiger partial charge in [-0.25, -0.2) is 0 Å². The maximum Gasteiger partial charge on any atom is 0.416 e. The van der Waals surface area contributed by atoms with E-state index in [0.29, 0.717) is 11.0 Å². The van der Waals surface area contributed by atoms with Gasteiger partial charge in [0.2, 0.25) is 0 Å². The normalized spacial score (nSPS) is 11.9. The van der Waals surface area contributed by atoms with Crippen LogP contribution in [0.15, 0.2) is 46.9 Å². The second-order valence-electron chi connectivity index (χ2n) is 5.08. The summed E-state index contributed by atoms with van der Waals surface area (Å²) in [5.74, 6) is 0.113. The molecule has 0 radical (unpaired) electrons. The largest absolute Gasteiger partial charge is 0.507 e. The average Bonchev–Trinajstić information content (AvgIpc) is 2.43. The van der Waals surface area contributed by atoms with Crippen molar-refractivity contribution in [3.05, 3.63) is 63.6 Å². The lowest BCUT2D eigenvalue weighted by atomic mass is 10.1. The van der Waals surface area contributed by atoms with Crippen molar-refractivity contribution in [1.82, 2.24) is 4.90 Å². The van der Waals surface area contributed by atoms with Gasteiger partial charge >= 0.3 is 6.18 Å². The number of benzene rings is 2. The van der Waals surface area contributed by atoms with E-state index >= 15 is 0 Å². The zero-order valence-electron chi connectivity index (χ0n) is 11.9. The molecule has 0 fully saturated rings. The average molecular weight is 374 g/mol. The molecule has 2 aromatic rings. The van der Waals surface area contributed by atoms with Crippen molar-refractivity contribution in [1.29, 1.82) is 0 Å². The van der Waals surface area contributed by atoms with Gasteiger partial charge in [0.05, 0.1) is 10.0 Å². The topological polar surface area (TPSA) is 23.5 Å². The summed E-state index contributed by atoms with van der Waals surface area (Å²) in [5.41, 5.74) is 0.428. The Balaban J connectivity index is 2.16. The minimum Gasteiger partial charge on any atom is -0.507 e. The molecule has 6 heteroatoms. The maximum atomic E-state index is 13.0. The molecule has 0 heterocycles. The van der Waals surface area contributed by atoms with Crippen LogP contribution in [0.3, 0.4) is 0 Å². The van der Waals surface area contributed by atoms with E-state index in [2.05, 4.69) is 15.9 Å². The molecule has 2 rings (SSSR count). The number of rotatable bonds is 4. The molecule has 0 saturated carbocycles. The van der Waals surface area contributed by atoms with E-state index in [9.17, 15) is 18.3 Å². The van der Waals surface area contributed by atoms with Crippen LogP contribution in [0.4, 0.5) is 13.2 Å². The zero-order chi connectivity index (χ0) is 16.3. The van der Waals surface area contributed by atoms with Crippen LogP contribution in [-0.2, 0) is 19.3 Å². The lowest BCUT2D eigenvalue weighted by Crippen LogP contribution is -2.20. The summed E-state index contributed by atoms with van der Waals surface area (Å²) >= 11 is 3.28. The van der Waals surface area contributed by atoms with Gasteiger partial charge in [0, 0.05) is 13.1 Å². The summed E-state index contributed by atoms with van der Waals surface area (Å²) in [4.78, 5) is 1.77. The van der Waals surface area contributed by atoms with Crippen LogP contribution >= 0.6 is 15.9 Å². The van der Waals surface area contributed by atoms with Gasteiger partial charge in [-0.2, -0.15) is 13.2 Å². The van der Waals surface area contributed by atoms with Crippen LogP contribution in [0.1, 0.15) is 16.7 Å². The van der Waals surface area contributed by atoms with E-state index in [1.54, 1.807) is 30.1 Å². The number of nitrogens with zero attached hydrogens (tertiary/aromatic N) is 1. The number of phenols is 1. The van der Waals surface area contributed by atoms with E-state index in [1.807, 2.05) is 6.07 Å². The molecule has 1 N–H and O–H groups in total. The van der Waals surface area contributed by atoms with E-state index in [4.69, 9.17) is 0 Å². The molecular weight excluding hydrogens is 359 g/mol. The number of hydrogen-bond donors (Lipinski definition) is 1. The zero-order valence-corrected chi connectivity index (χ0v) is 13.4. The Morgan fingerprint density at radius 2 is 1.59 bits per heavy atom. The molecule has 0 atom stereocenters. The van der Waals surface area contributed by atoms with Crippen molar-refractivity contribution in [3.63, 3.8) is 0 Å². The molecule has 0 aliphatic heterocycles. The maximum absolute atomic E-state index is 13.0. The van der Waals surface area contributed by atoms with Gasteiger partial charge in [0.25, 0.3) is 0 Å². The van der Waals surface area contributed by atoms with E-state index in [1.165, 1.54) is 12.1 Å². The first-order valence-electron chi connectivity index (χ1n) is 6.59. The Morgan fingerprint density at radius 3 is 2.27 bits per heavy atom. The van der Waals surface area contributed by atoms with Gasteiger partial charge in [-0.1, -0.05) is 30.3 Å². The minimum absolute atomic E-state index is 0.113. The molecule has 0 aliphatic rings. The van der Waals surface area contributed by atoms with Crippen LogP contribution in [0.25, 0.3) is 0 Å². The SMILES string of the molecule is CN(Cc1ccccc1C(F)(F)F)Cc1cccc(O)c1Br. The lowest BCUT2D eigenvalue weighted by Gasteiger charge is -2.20. The Hall–Kier alpha value is -1.53. The third kappa shape index (κ3) is 4.01. The fourth-order valence-electron chi connectivity index (χ4n) is 2.26. The van der Waals surface area contributed by atoms with Crippen LogP contribution in [0.2, 0.25) is 0 Å². The highest BCUT2D eigenvalue weighted by Crippen LogP contribution is 2.33. The number of aromatic hydroxyl groups is 1. The van der Waals surface area contributed by atoms with Crippen molar-refractivity contribution in [3.8, 4) is 5.75 Å². The Morgan fingerprint density at radius 1 is 1.00 bits per heavy atom. The highest BCUT2D eigenvalue weighted by molar-refractivity contribution is 9.10. The molecule has 118 valence electrons. The van der Waals surface area contributed by atoms with Gasteiger partial charge in [-0.3, -0.25) is 4.90 Å². The summed E-state index contributed by atoms with van der Waals surface area (Å²) in [6.45, 7) is 0.582. The second kappa shape index (κ2) is 6.71. The predicted molar refractivity (Wildman–Crippen MR) is 82.4 cm³/mol. The van der Waals surface area contributed by atoms with E-state index in [-0.39, 0.29) is 17.9 Å². The van der Waals surface area contributed by atoms with Gasteiger partial charge in [0.1, 0.15) is 5.75 Å². The van der Waals surface area contributed by atoms with Crippen molar-refractivity contribution in [2.45, 2.75) is 19.3 Å². The van der Waals surface area contributed by atoms with E-state index in [0.717, 1.165) is 11.6 Å². The van der Waals surface area contributed by atoms with E-state index < -0.39 is 11.7 Å². The molecule has 22 heavy (non-hydrogen) atoms. The summed E-state index contributed by atoms with van der Waals surface area (Å²) in [6, 6.07) is 10.6. The van der Waals surface area contributed by atoms with Gasteiger partial charge < -0.3 is 5.11 Å². The smallest absolute Gasteiger partial charge is 0.416 e. The summed E-state index contributed by atoms with van der Waals surface area (Å²) in [5, 5.41) is 9.64. The second-order valence-corrected chi connectivity index (χ2v) is 5.87. The van der Waals surface area contributed by atoms with Crippen molar-refractivity contribution < 1.29 is 18.3 Å². The lowest BCUT2D eigenvalue weighted by molar-refractivity contribution is -0.138. The number of alkyl halides is 3. The van der Waals surface area contributed by atoms with Crippen molar-refractivity contribution in [2.24, 2.45) is 0 Å². The summed E-state index contributed by atoms with van der Waals surface area (Å²) in [7, 11) is 1.74. The first-order chi connectivity index (χ1) is 10.3. The number of phenolic OH excluding ortho intramolecular Hbond substituents is 1. The third-order valence-electron chi connectivity index (χ3n) is 3.26. The highest BCUT2D eigenvalue weighted by atomic mass is 79.9.